The van der Waals surface area contributed by atoms with Gasteiger partial charge in [-0.15, -0.1) is 0 Å². The molecule has 0 spiro atoms. The molecule has 0 heterocycles. The molecule has 0 aromatic carbocycles. The summed E-state index contributed by atoms with van der Waals surface area (Å²) in [7, 11) is 0. The molecule has 1 saturated carbocycles. The van der Waals surface area contributed by atoms with Crippen molar-refractivity contribution in [2.75, 3.05) is 0 Å². The Kier molecular flexibility index (Phi) is 5.61. The molecule has 1 fully saturated rings. The Balaban J connectivity index is 0.000000354. The molecule has 0 nitrogen and oxygen atoms in total. The molecule has 0 heteroatoms. The predicted molar refractivity (Wildman–Crippen MR) is 57.4 cm³/mol. The summed E-state index contributed by atoms with van der Waals surface area (Å²) in [5.74, 6) is 0.905. The van der Waals surface area contributed by atoms with E-state index in [0.29, 0.717) is 0 Å². The lowest BCUT2D eigenvalue weighted by atomic mass is 9.97. The molecule has 0 unspecified atom stereocenters. The van der Waals surface area contributed by atoms with E-state index in [1.165, 1.54) is 32.1 Å². The maximum Gasteiger partial charge on any atom is -0.0325 e. The summed E-state index contributed by atoms with van der Waals surface area (Å²) in [5.41, 5.74) is 0.782. The summed E-state index contributed by atoms with van der Waals surface area (Å²) >= 11 is 0. The zero-order valence-corrected chi connectivity index (χ0v) is 9.61. The largest absolute Gasteiger partial charge is 0.0656 e. The average molecular weight is 170 g/mol. The predicted octanol–water partition coefficient (Wildman–Crippen LogP) is 4.64. The van der Waals surface area contributed by atoms with Crippen LogP contribution < -0.4 is 0 Å². The SMILES string of the molecule is CC(C)CCC1(C)CC1.CCC. The maximum absolute atomic E-state index is 2.41. The molecule has 1 rings (SSSR count). The minimum Gasteiger partial charge on any atom is -0.0656 e. The van der Waals surface area contributed by atoms with Crippen molar-refractivity contribution in [1.29, 1.82) is 0 Å². The van der Waals surface area contributed by atoms with Crippen LogP contribution in [0.1, 0.15) is 66.7 Å². The zero-order chi connectivity index (χ0) is 9.61. The quantitative estimate of drug-likeness (QED) is 0.579. The first-order chi connectivity index (χ1) is 5.54. The van der Waals surface area contributed by atoms with Crippen molar-refractivity contribution in [3.8, 4) is 0 Å². The fourth-order valence-electron chi connectivity index (χ4n) is 1.10. The minimum atomic E-state index is 0.782. The van der Waals surface area contributed by atoms with E-state index >= 15 is 0 Å². The van der Waals surface area contributed by atoms with E-state index in [0.717, 1.165) is 11.3 Å². The molecule has 12 heavy (non-hydrogen) atoms. The van der Waals surface area contributed by atoms with Crippen LogP contribution in [-0.2, 0) is 0 Å². The Hall–Kier alpha value is 0. The first-order valence-electron chi connectivity index (χ1n) is 5.54. The number of rotatable bonds is 3. The fraction of sp³-hybridized carbons (Fsp3) is 1.00. The highest BCUT2D eigenvalue weighted by Crippen LogP contribution is 2.49. The van der Waals surface area contributed by atoms with Crippen LogP contribution in [0.15, 0.2) is 0 Å². The van der Waals surface area contributed by atoms with Gasteiger partial charge in [-0.2, -0.15) is 0 Å². The smallest absolute Gasteiger partial charge is 0.0325 e. The van der Waals surface area contributed by atoms with Gasteiger partial charge in [0.15, 0.2) is 0 Å². The van der Waals surface area contributed by atoms with Crippen LogP contribution in [0.2, 0.25) is 0 Å². The fourth-order valence-corrected chi connectivity index (χ4v) is 1.10. The van der Waals surface area contributed by atoms with Gasteiger partial charge in [0.1, 0.15) is 0 Å². The third-order valence-electron chi connectivity index (χ3n) is 2.43. The molecule has 0 atom stereocenters. The Labute approximate surface area is 78.8 Å². The standard InChI is InChI=1S/C9H18.C3H8/c1-8(2)4-5-9(3)6-7-9;1-3-2/h8H,4-7H2,1-3H3;3H2,1-2H3. The Morgan fingerprint density at radius 2 is 1.58 bits per heavy atom. The van der Waals surface area contributed by atoms with Gasteiger partial charge in [-0.05, 0) is 30.6 Å². The molecule has 0 saturated heterocycles. The van der Waals surface area contributed by atoms with E-state index in [9.17, 15) is 0 Å². The van der Waals surface area contributed by atoms with Gasteiger partial charge in [0.05, 0.1) is 0 Å². The first-order valence-corrected chi connectivity index (χ1v) is 5.54. The van der Waals surface area contributed by atoms with Gasteiger partial charge in [-0.3, -0.25) is 0 Å². The van der Waals surface area contributed by atoms with Crippen LogP contribution in [0, 0.1) is 11.3 Å². The van der Waals surface area contributed by atoms with Gasteiger partial charge in [-0.25, -0.2) is 0 Å². The van der Waals surface area contributed by atoms with E-state index < -0.39 is 0 Å². The molecular formula is C12H26. The van der Waals surface area contributed by atoms with Crippen molar-refractivity contribution < 1.29 is 0 Å². The van der Waals surface area contributed by atoms with Gasteiger partial charge in [-0.1, -0.05) is 47.5 Å². The summed E-state index contributed by atoms with van der Waals surface area (Å²) in [6, 6.07) is 0. The van der Waals surface area contributed by atoms with E-state index in [1.54, 1.807) is 0 Å². The molecule has 74 valence electrons. The van der Waals surface area contributed by atoms with Crippen LogP contribution >= 0.6 is 0 Å². The van der Waals surface area contributed by atoms with Crippen molar-refractivity contribution in [1.82, 2.24) is 0 Å². The second-order valence-electron chi connectivity index (χ2n) is 4.95. The van der Waals surface area contributed by atoms with E-state index in [-0.39, 0.29) is 0 Å². The average Bonchev–Trinajstić information content (AvgIpc) is 2.67. The van der Waals surface area contributed by atoms with Crippen LogP contribution in [-0.4, -0.2) is 0 Å². The van der Waals surface area contributed by atoms with Gasteiger partial charge in [0.2, 0.25) is 0 Å². The van der Waals surface area contributed by atoms with Gasteiger partial charge >= 0.3 is 0 Å². The maximum atomic E-state index is 2.41. The molecule has 0 aromatic rings. The van der Waals surface area contributed by atoms with Crippen LogP contribution in [0.5, 0.6) is 0 Å². The summed E-state index contributed by atoms with van der Waals surface area (Å²) in [4.78, 5) is 0. The van der Waals surface area contributed by atoms with Crippen molar-refractivity contribution in [3.05, 3.63) is 0 Å². The molecule has 1 aliphatic carbocycles. The lowest BCUT2D eigenvalue weighted by molar-refractivity contribution is 0.436. The lowest BCUT2D eigenvalue weighted by Crippen LogP contribution is -1.96. The third kappa shape index (κ3) is 6.69. The van der Waals surface area contributed by atoms with Crippen molar-refractivity contribution in [2.24, 2.45) is 11.3 Å². The monoisotopic (exact) mass is 170 g/mol. The number of hydrogen-bond donors (Lipinski definition) is 0. The van der Waals surface area contributed by atoms with Crippen molar-refractivity contribution >= 4 is 0 Å². The third-order valence-corrected chi connectivity index (χ3v) is 2.43. The van der Waals surface area contributed by atoms with Crippen LogP contribution in [0.3, 0.4) is 0 Å². The summed E-state index contributed by atoms with van der Waals surface area (Å²) in [5, 5.41) is 0. The van der Waals surface area contributed by atoms with Gasteiger partial charge in [0.25, 0.3) is 0 Å². The van der Waals surface area contributed by atoms with Gasteiger partial charge in [0, 0.05) is 0 Å². The molecule has 0 N–H and O–H groups in total. The normalized spacial score (nSPS) is 18.5. The molecule has 1 aliphatic rings. The summed E-state index contributed by atoms with van der Waals surface area (Å²) in [6.07, 6.45) is 7.11. The second-order valence-corrected chi connectivity index (χ2v) is 4.95. The molecule has 0 aromatic heterocycles. The van der Waals surface area contributed by atoms with Crippen molar-refractivity contribution in [2.45, 2.75) is 66.7 Å². The molecule has 0 aliphatic heterocycles. The highest BCUT2D eigenvalue weighted by Gasteiger charge is 2.36. The highest BCUT2D eigenvalue weighted by molar-refractivity contribution is 4.88. The first kappa shape index (κ1) is 12.0. The Morgan fingerprint density at radius 3 is 1.83 bits per heavy atom. The van der Waals surface area contributed by atoms with Gasteiger partial charge < -0.3 is 0 Å². The Morgan fingerprint density at radius 1 is 1.17 bits per heavy atom. The van der Waals surface area contributed by atoms with E-state index in [1.807, 2.05) is 0 Å². The highest BCUT2D eigenvalue weighted by atomic mass is 14.4. The zero-order valence-electron chi connectivity index (χ0n) is 9.61. The minimum absolute atomic E-state index is 0.782. The second kappa shape index (κ2) is 5.61. The lowest BCUT2D eigenvalue weighted by Gasteiger charge is -2.08. The Bertz CT molecular complexity index is 98.6. The molecule has 0 amide bonds. The van der Waals surface area contributed by atoms with Crippen LogP contribution in [0.25, 0.3) is 0 Å². The summed E-state index contributed by atoms with van der Waals surface area (Å²) < 4.78 is 0. The molecular weight excluding hydrogens is 144 g/mol. The van der Waals surface area contributed by atoms with E-state index in [2.05, 4.69) is 34.6 Å². The molecule has 0 radical (unpaired) electrons. The van der Waals surface area contributed by atoms with E-state index in [4.69, 9.17) is 0 Å². The topological polar surface area (TPSA) is 0 Å². The molecule has 0 bridgehead atoms. The summed E-state index contributed by atoms with van der Waals surface area (Å²) in [6.45, 7) is 11.3. The number of hydrogen-bond acceptors (Lipinski definition) is 0. The van der Waals surface area contributed by atoms with Crippen LogP contribution in [0.4, 0.5) is 0 Å². The van der Waals surface area contributed by atoms with Crippen molar-refractivity contribution in [3.63, 3.8) is 0 Å².